The van der Waals surface area contributed by atoms with E-state index in [4.69, 9.17) is 0 Å². The Morgan fingerprint density at radius 2 is 1.91 bits per heavy atom. The maximum atomic E-state index is 13.9. The summed E-state index contributed by atoms with van der Waals surface area (Å²) in [5.41, 5.74) is 2.18. The number of carbonyl (C=O) groups is 1. The summed E-state index contributed by atoms with van der Waals surface area (Å²) in [6.45, 7) is 1.53. The van der Waals surface area contributed by atoms with Crippen LogP contribution in [0.25, 0.3) is 0 Å². The van der Waals surface area contributed by atoms with Crippen molar-refractivity contribution in [2.24, 2.45) is 0 Å². The van der Waals surface area contributed by atoms with Crippen LogP contribution in [0.1, 0.15) is 48.0 Å². The van der Waals surface area contributed by atoms with Crippen LogP contribution in [0.3, 0.4) is 0 Å². The van der Waals surface area contributed by atoms with E-state index in [0.717, 1.165) is 19.3 Å². The lowest BCUT2D eigenvalue weighted by atomic mass is 10.0. The molecule has 22 heavy (non-hydrogen) atoms. The number of rotatable bonds is 4. The molecule has 8 heteroatoms. The molecule has 1 aromatic rings. The van der Waals surface area contributed by atoms with Gasteiger partial charge in [-0.15, -0.1) is 4.83 Å². The second kappa shape index (κ2) is 7.06. The van der Waals surface area contributed by atoms with Crippen molar-refractivity contribution >= 4 is 31.9 Å². The van der Waals surface area contributed by atoms with Crippen LogP contribution in [0.4, 0.5) is 4.39 Å². The van der Waals surface area contributed by atoms with Gasteiger partial charge in [0.05, 0.1) is 10.8 Å². The highest BCUT2D eigenvalue weighted by atomic mass is 79.9. The van der Waals surface area contributed by atoms with Gasteiger partial charge >= 0.3 is 0 Å². The van der Waals surface area contributed by atoms with E-state index in [-0.39, 0.29) is 5.56 Å². The van der Waals surface area contributed by atoms with Crippen molar-refractivity contribution < 1.29 is 17.6 Å². The average Bonchev–Trinajstić information content (AvgIpc) is 2.49. The van der Waals surface area contributed by atoms with Crippen LogP contribution in [0.5, 0.6) is 0 Å². The van der Waals surface area contributed by atoms with Gasteiger partial charge < -0.3 is 0 Å². The van der Waals surface area contributed by atoms with Crippen LogP contribution in [0.2, 0.25) is 0 Å². The van der Waals surface area contributed by atoms with Gasteiger partial charge in [0.2, 0.25) is 10.0 Å². The summed E-state index contributed by atoms with van der Waals surface area (Å²) >= 11 is 3.18. The number of benzene rings is 1. The minimum atomic E-state index is -3.64. The van der Waals surface area contributed by atoms with Crippen molar-refractivity contribution in [1.82, 2.24) is 10.3 Å². The van der Waals surface area contributed by atoms with Crippen LogP contribution in [-0.2, 0) is 10.0 Å². The molecule has 0 spiro atoms. The molecule has 1 amide bonds. The molecule has 1 aromatic carbocycles. The number of hydrogen-bond acceptors (Lipinski definition) is 3. The standard InChI is InChI=1S/C14H18BrFN2O3S/c1-9-7-10(15)8-12(13(9)16)14(19)17-18-22(20,21)11-5-3-2-4-6-11/h7-8,11,18H,2-6H2,1H3,(H,17,19). The Bertz CT molecular complexity index is 673. The number of hydrazine groups is 1. The summed E-state index contributed by atoms with van der Waals surface area (Å²) in [5.74, 6) is -1.49. The van der Waals surface area contributed by atoms with Gasteiger partial charge in [0, 0.05) is 4.47 Å². The molecule has 2 N–H and O–H groups in total. The Hall–Kier alpha value is -0.990. The third-order valence-corrected chi connectivity index (χ3v) is 5.96. The SMILES string of the molecule is Cc1cc(Br)cc(C(=O)NNS(=O)(=O)C2CCCCC2)c1F. The number of aryl methyl sites for hydroxylation is 1. The van der Waals surface area contributed by atoms with Crippen molar-refractivity contribution in [2.75, 3.05) is 0 Å². The van der Waals surface area contributed by atoms with E-state index in [1.54, 1.807) is 0 Å². The van der Waals surface area contributed by atoms with Gasteiger partial charge in [0.15, 0.2) is 0 Å². The van der Waals surface area contributed by atoms with Crippen molar-refractivity contribution in [1.29, 1.82) is 0 Å². The van der Waals surface area contributed by atoms with E-state index in [0.29, 0.717) is 22.9 Å². The molecule has 0 atom stereocenters. The zero-order valence-corrected chi connectivity index (χ0v) is 14.6. The fraction of sp³-hybridized carbons (Fsp3) is 0.500. The molecule has 0 bridgehead atoms. The zero-order chi connectivity index (χ0) is 16.3. The molecule has 122 valence electrons. The first kappa shape index (κ1) is 17.4. The fourth-order valence-electron chi connectivity index (χ4n) is 2.53. The summed E-state index contributed by atoms with van der Waals surface area (Å²) in [7, 11) is -3.64. The number of halogens is 2. The molecule has 5 nitrogen and oxygen atoms in total. The van der Waals surface area contributed by atoms with Gasteiger partial charge in [-0.1, -0.05) is 35.2 Å². The highest BCUT2D eigenvalue weighted by molar-refractivity contribution is 9.10. The zero-order valence-electron chi connectivity index (χ0n) is 12.2. The van der Waals surface area contributed by atoms with Gasteiger partial charge in [-0.05, 0) is 37.5 Å². The minimum absolute atomic E-state index is 0.210. The molecule has 0 unspecified atom stereocenters. The summed E-state index contributed by atoms with van der Waals surface area (Å²) in [6.07, 6.45) is 3.91. The first-order valence-corrected chi connectivity index (χ1v) is 9.42. The molecule has 1 aliphatic rings. The smallest absolute Gasteiger partial charge is 0.269 e. The second-order valence-corrected chi connectivity index (χ2v) is 8.32. The van der Waals surface area contributed by atoms with E-state index in [1.165, 1.54) is 19.1 Å². The molecule has 1 aliphatic carbocycles. The monoisotopic (exact) mass is 392 g/mol. The molecule has 2 rings (SSSR count). The summed E-state index contributed by atoms with van der Waals surface area (Å²) in [4.78, 5) is 14.1. The maximum Gasteiger partial charge on any atom is 0.269 e. The molecule has 1 fully saturated rings. The van der Waals surface area contributed by atoms with E-state index >= 15 is 0 Å². The van der Waals surface area contributed by atoms with E-state index in [9.17, 15) is 17.6 Å². The Labute approximate surface area is 137 Å². The summed E-state index contributed by atoms with van der Waals surface area (Å²) in [6, 6.07) is 2.85. The Morgan fingerprint density at radius 1 is 1.27 bits per heavy atom. The predicted octanol–water partition coefficient (Wildman–Crippen LogP) is 2.79. The third-order valence-electron chi connectivity index (χ3n) is 3.76. The molecule has 0 heterocycles. The van der Waals surface area contributed by atoms with Crippen molar-refractivity contribution in [3.05, 3.63) is 33.5 Å². The van der Waals surface area contributed by atoms with Gasteiger partial charge in [0.25, 0.3) is 5.91 Å². The van der Waals surface area contributed by atoms with Gasteiger partial charge in [0.1, 0.15) is 5.82 Å². The predicted molar refractivity (Wildman–Crippen MR) is 85.2 cm³/mol. The first-order chi connectivity index (χ1) is 10.3. The fourth-order valence-corrected chi connectivity index (χ4v) is 4.46. The van der Waals surface area contributed by atoms with Gasteiger partial charge in [-0.2, -0.15) is 0 Å². The maximum absolute atomic E-state index is 13.9. The van der Waals surface area contributed by atoms with Crippen molar-refractivity contribution in [3.8, 4) is 0 Å². The molecule has 1 saturated carbocycles. The topological polar surface area (TPSA) is 75.3 Å². The van der Waals surface area contributed by atoms with Crippen molar-refractivity contribution in [2.45, 2.75) is 44.3 Å². The molecule has 0 radical (unpaired) electrons. The number of sulfonamides is 1. The highest BCUT2D eigenvalue weighted by Crippen LogP contribution is 2.23. The number of amides is 1. The Morgan fingerprint density at radius 3 is 2.55 bits per heavy atom. The highest BCUT2D eigenvalue weighted by Gasteiger charge is 2.28. The third kappa shape index (κ3) is 4.05. The van der Waals surface area contributed by atoms with Crippen LogP contribution in [0.15, 0.2) is 16.6 Å². The van der Waals surface area contributed by atoms with E-state index in [2.05, 4.69) is 26.2 Å². The summed E-state index contributed by atoms with van der Waals surface area (Å²) < 4.78 is 38.7. The minimum Gasteiger partial charge on any atom is -0.274 e. The lowest BCUT2D eigenvalue weighted by Crippen LogP contribution is -2.46. The lowest BCUT2D eigenvalue weighted by Gasteiger charge is -2.22. The molecule has 0 saturated heterocycles. The Kier molecular flexibility index (Phi) is 5.57. The quantitative estimate of drug-likeness (QED) is 0.773. The number of carbonyl (C=O) groups excluding carboxylic acids is 1. The normalized spacial score (nSPS) is 16.5. The van der Waals surface area contributed by atoms with Crippen LogP contribution in [0, 0.1) is 12.7 Å². The van der Waals surface area contributed by atoms with E-state index < -0.39 is 27.0 Å². The average molecular weight is 393 g/mol. The molecule has 0 aliphatic heterocycles. The van der Waals surface area contributed by atoms with Gasteiger partial charge in [-0.25, -0.2) is 12.8 Å². The Balaban J connectivity index is 2.06. The lowest BCUT2D eigenvalue weighted by molar-refractivity contribution is 0.0940. The molecule has 0 aromatic heterocycles. The van der Waals surface area contributed by atoms with Gasteiger partial charge in [-0.3, -0.25) is 10.2 Å². The van der Waals surface area contributed by atoms with Crippen LogP contribution in [-0.4, -0.2) is 19.6 Å². The number of hydrogen-bond donors (Lipinski definition) is 2. The number of nitrogens with one attached hydrogen (secondary N) is 2. The first-order valence-electron chi connectivity index (χ1n) is 7.08. The van der Waals surface area contributed by atoms with Crippen molar-refractivity contribution in [3.63, 3.8) is 0 Å². The second-order valence-electron chi connectivity index (χ2n) is 5.45. The molecular formula is C14H18BrFN2O3S. The molecular weight excluding hydrogens is 375 g/mol. The van der Waals surface area contributed by atoms with Crippen LogP contribution >= 0.6 is 15.9 Å². The van der Waals surface area contributed by atoms with E-state index in [1.807, 2.05) is 0 Å². The summed E-state index contributed by atoms with van der Waals surface area (Å²) in [5, 5.41) is -0.504. The van der Waals surface area contributed by atoms with Crippen LogP contribution < -0.4 is 10.3 Å². The largest absolute Gasteiger partial charge is 0.274 e.